The van der Waals surface area contributed by atoms with Crippen LogP contribution in [0.25, 0.3) is 0 Å². The minimum absolute atomic E-state index is 0.181. The van der Waals surface area contributed by atoms with Crippen LogP contribution in [0.3, 0.4) is 0 Å². The third-order valence-corrected chi connectivity index (χ3v) is 3.63. The molecule has 2 aromatic rings. The van der Waals surface area contributed by atoms with E-state index in [9.17, 15) is 4.79 Å². The third-order valence-electron chi connectivity index (χ3n) is 3.63. The van der Waals surface area contributed by atoms with Crippen LogP contribution in [0.4, 0.5) is 11.4 Å². The van der Waals surface area contributed by atoms with Gasteiger partial charge in [0.2, 0.25) is 0 Å². The summed E-state index contributed by atoms with van der Waals surface area (Å²) in [6.07, 6.45) is 1.63. The lowest BCUT2D eigenvalue weighted by atomic mass is 10.1. The molecule has 24 heavy (non-hydrogen) atoms. The highest BCUT2D eigenvalue weighted by Crippen LogP contribution is 2.15. The van der Waals surface area contributed by atoms with Crippen LogP contribution < -0.4 is 15.6 Å². The van der Waals surface area contributed by atoms with E-state index in [1.54, 1.807) is 6.21 Å². The molecule has 2 aromatic carbocycles. The van der Waals surface area contributed by atoms with Crippen molar-refractivity contribution in [3.8, 4) is 0 Å². The minimum atomic E-state index is -0.184. The van der Waals surface area contributed by atoms with E-state index >= 15 is 0 Å². The van der Waals surface area contributed by atoms with Gasteiger partial charge in [0, 0.05) is 25.5 Å². The molecular formula is C19H24N4O. The van der Waals surface area contributed by atoms with Crippen molar-refractivity contribution < 1.29 is 4.79 Å². The average molecular weight is 324 g/mol. The first-order chi connectivity index (χ1) is 11.5. The lowest BCUT2D eigenvalue weighted by Gasteiger charge is -2.11. The summed E-state index contributed by atoms with van der Waals surface area (Å²) >= 11 is 0. The highest BCUT2D eigenvalue weighted by Gasteiger charge is 2.02. The van der Waals surface area contributed by atoms with E-state index in [0.29, 0.717) is 0 Å². The molecule has 0 aliphatic heterocycles. The quantitative estimate of drug-likeness (QED) is 0.634. The summed E-state index contributed by atoms with van der Waals surface area (Å²) in [6, 6.07) is 14.0. The third kappa shape index (κ3) is 5.12. The van der Waals surface area contributed by atoms with Crippen LogP contribution >= 0.6 is 0 Å². The maximum Gasteiger partial charge on any atom is 0.259 e. The number of amides is 1. The summed E-state index contributed by atoms with van der Waals surface area (Å²) in [4.78, 5) is 13.9. The van der Waals surface area contributed by atoms with Crippen LogP contribution in [0.2, 0.25) is 0 Å². The first-order valence-electron chi connectivity index (χ1n) is 7.86. The maximum absolute atomic E-state index is 11.8. The number of carbonyl (C=O) groups is 1. The SMILES string of the molecule is Cc1ccc(NCC(=O)NN=Cc2ccc(N(C)C)cc2)c(C)c1. The van der Waals surface area contributed by atoms with E-state index in [1.165, 1.54) is 5.56 Å². The van der Waals surface area contributed by atoms with Gasteiger partial charge in [-0.3, -0.25) is 4.79 Å². The molecule has 2 rings (SSSR count). The number of hydrogen-bond donors (Lipinski definition) is 2. The van der Waals surface area contributed by atoms with Gasteiger partial charge in [-0.25, -0.2) is 5.43 Å². The Balaban J connectivity index is 1.82. The molecule has 0 aliphatic carbocycles. The second-order valence-electron chi connectivity index (χ2n) is 5.95. The van der Waals surface area contributed by atoms with Crippen molar-refractivity contribution in [2.75, 3.05) is 30.9 Å². The van der Waals surface area contributed by atoms with Crippen LogP contribution in [0.15, 0.2) is 47.6 Å². The summed E-state index contributed by atoms with van der Waals surface area (Å²) < 4.78 is 0. The molecule has 0 aliphatic rings. The van der Waals surface area contributed by atoms with Crippen LogP contribution in [-0.2, 0) is 4.79 Å². The van der Waals surface area contributed by atoms with Gasteiger partial charge in [0.1, 0.15) is 0 Å². The van der Waals surface area contributed by atoms with Crippen molar-refractivity contribution in [2.45, 2.75) is 13.8 Å². The van der Waals surface area contributed by atoms with Crippen LogP contribution in [-0.4, -0.2) is 32.8 Å². The van der Waals surface area contributed by atoms with Crippen molar-refractivity contribution in [1.29, 1.82) is 0 Å². The molecule has 0 radical (unpaired) electrons. The van der Waals surface area contributed by atoms with Crippen LogP contribution in [0.5, 0.6) is 0 Å². The molecule has 0 unspecified atom stereocenters. The van der Waals surface area contributed by atoms with Gasteiger partial charge in [-0.05, 0) is 43.2 Å². The zero-order valence-corrected chi connectivity index (χ0v) is 14.6. The van der Waals surface area contributed by atoms with Crippen LogP contribution in [0, 0.1) is 13.8 Å². The van der Waals surface area contributed by atoms with Gasteiger partial charge < -0.3 is 10.2 Å². The van der Waals surface area contributed by atoms with Crippen molar-refractivity contribution in [3.63, 3.8) is 0 Å². The lowest BCUT2D eigenvalue weighted by Crippen LogP contribution is -2.26. The molecule has 0 fully saturated rings. The maximum atomic E-state index is 11.8. The van der Waals surface area contributed by atoms with Crippen LogP contribution in [0.1, 0.15) is 16.7 Å². The molecule has 2 N–H and O–H groups in total. The molecule has 0 heterocycles. The number of rotatable bonds is 6. The fourth-order valence-corrected chi connectivity index (χ4v) is 2.26. The fraction of sp³-hybridized carbons (Fsp3) is 0.263. The molecular weight excluding hydrogens is 300 g/mol. The van der Waals surface area contributed by atoms with Gasteiger partial charge in [0.05, 0.1) is 12.8 Å². The molecule has 0 aromatic heterocycles. The second kappa shape index (κ2) is 8.15. The minimum Gasteiger partial charge on any atom is -0.378 e. The predicted molar refractivity (Wildman–Crippen MR) is 101 cm³/mol. The lowest BCUT2D eigenvalue weighted by molar-refractivity contribution is -0.119. The van der Waals surface area contributed by atoms with Gasteiger partial charge >= 0.3 is 0 Å². The highest BCUT2D eigenvalue weighted by molar-refractivity contribution is 5.84. The molecule has 5 heteroatoms. The van der Waals surface area contributed by atoms with Gasteiger partial charge in [-0.2, -0.15) is 5.10 Å². The molecule has 1 amide bonds. The van der Waals surface area contributed by atoms with Crippen molar-refractivity contribution in [3.05, 3.63) is 59.2 Å². The summed E-state index contributed by atoms with van der Waals surface area (Å²) in [5.74, 6) is -0.184. The van der Waals surface area contributed by atoms with Gasteiger partial charge in [0.15, 0.2) is 0 Å². The molecule has 126 valence electrons. The number of carbonyl (C=O) groups excluding carboxylic acids is 1. The Morgan fingerprint density at radius 3 is 2.46 bits per heavy atom. The normalized spacial score (nSPS) is 10.7. The molecule has 0 saturated heterocycles. The fourth-order valence-electron chi connectivity index (χ4n) is 2.26. The Morgan fingerprint density at radius 1 is 1.12 bits per heavy atom. The number of hydrazone groups is 1. The van der Waals surface area contributed by atoms with E-state index in [2.05, 4.69) is 21.9 Å². The average Bonchev–Trinajstić information content (AvgIpc) is 2.54. The number of hydrogen-bond acceptors (Lipinski definition) is 4. The number of benzene rings is 2. The van der Waals surface area contributed by atoms with E-state index in [1.807, 2.05) is 69.2 Å². The molecule has 0 atom stereocenters. The smallest absolute Gasteiger partial charge is 0.259 e. The largest absolute Gasteiger partial charge is 0.378 e. The Hall–Kier alpha value is -2.82. The highest BCUT2D eigenvalue weighted by atomic mass is 16.2. The molecule has 0 saturated carbocycles. The Labute approximate surface area is 143 Å². The summed E-state index contributed by atoms with van der Waals surface area (Å²) in [5, 5.41) is 7.10. The standard InChI is InChI=1S/C19H24N4O/c1-14-5-10-18(15(2)11-14)20-13-19(24)22-21-12-16-6-8-17(9-7-16)23(3)4/h5-12,20H,13H2,1-4H3,(H,22,24). The summed E-state index contributed by atoms with van der Waals surface area (Å²) in [6.45, 7) is 4.24. The van der Waals surface area contributed by atoms with E-state index in [-0.39, 0.29) is 12.5 Å². The Morgan fingerprint density at radius 2 is 1.83 bits per heavy atom. The zero-order valence-electron chi connectivity index (χ0n) is 14.6. The second-order valence-corrected chi connectivity index (χ2v) is 5.95. The first kappa shape index (κ1) is 17.5. The Kier molecular flexibility index (Phi) is 5.95. The van der Waals surface area contributed by atoms with Gasteiger partial charge in [0.25, 0.3) is 5.91 Å². The van der Waals surface area contributed by atoms with E-state index in [0.717, 1.165) is 22.5 Å². The van der Waals surface area contributed by atoms with E-state index in [4.69, 9.17) is 0 Å². The molecule has 0 spiro atoms. The number of nitrogens with zero attached hydrogens (tertiary/aromatic N) is 2. The summed E-state index contributed by atoms with van der Waals surface area (Å²) in [7, 11) is 3.98. The van der Waals surface area contributed by atoms with E-state index < -0.39 is 0 Å². The van der Waals surface area contributed by atoms with Gasteiger partial charge in [-0.15, -0.1) is 0 Å². The van der Waals surface area contributed by atoms with Crippen molar-refractivity contribution in [1.82, 2.24) is 5.43 Å². The summed E-state index contributed by atoms with van der Waals surface area (Å²) in [5.41, 5.74) is 7.86. The van der Waals surface area contributed by atoms with Crippen molar-refractivity contribution in [2.24, 2.45) is 5.10 Å². The van der Waals surface area contributed by atoms with Crippen molar-refractivity contribution >= 4 is 23.5 Å². The molecule has 0 bridgehead atoms. The number of anilines is 2. The predicted octanol–water partition coefficient (Wildman–Crippen LogP) is 2.93. The number of aryl methyl sites for hydroxylation is 2. The number of nitrogens with one attached hydrogen (secondary N) is 2. The first-order valence-corrected chi connectivity index (χ1v) is 7.86. The molecule has 5 nitrogen and oxygen atoms in total. The zero-order chi connectivity index (χ0) is 17.5. The monoisotopic (exact) mass is 324 g/mol. The Bertz CT molecular complexity index is 721. The topological polar surface area (TPSA) is 56.7 Å². The van der Waals surface area contributed by atoms with Gasteiger partial charge in [-0.1, -0.05) is 29.8 Å².